The van der Waals surface area contributed by atoms with E-state index in [2.05, 4.69) is 24.0 Å². The first-order chi connectivity index (χ1) is 10.6. The predicted molar refractivity (Wildman–Crippen MR) is 98.5 cm³/mol. The Balaban J connectivity index is 2.15. The van der Waals surface area contributed by atoms with E-state index in [9.17, 15) is 5.11 Å². The monoisotopic (exact) mass is 414 g/mol. The van der Waals surface area contributed by atoms with Gasteiger partial charge in [0, 0.05) is 17.6 Å². The van der Waals surface area contributed by atoms with E-state index >= 15 is 0 Å². The number of hydrogen-bond acceptors (Lipinski definition) is 4. The highest BCUT2D eigenvalue weighted by molar-refractivity contribution is 14.1. The average molecular weight is 414 g/mol. The van der Waals surface area contributed by atoms with Crippen molar-refractivity contribution in [1.29, 1.82) is 0 Å². The van der Waals surface area contributed by atoms with E-state index in [0.29, 0.717) is 19.0 Å². The number of aliphatic hydroxyl groups excluding tert-OH is 1. The zero-order valence-corrected chi connectivity index (χ0v) is 15.3. The second-order valence-corrected chi connectivity index (χ2v) is 6.50. The van der Waals surface area contributed by atoms with Crippen LogP contribution in [0.5, 0.6) is 5.88 Å². The molecular formula is C17H23IN2O2. The van der Waals surface area contributed by atoms with Crippen LogP contribution in [0.15, 0.2) is 30.3 Å². The van der Waals surface area contributed by atoms with Gasteiger partial charge in [0.15, 0.2) is 4.23 Å². The highest BCUT2D eigenvalue weighted by Crippen LogP contribution is 2.25. The van der Waals surface area contributed by atoms with Gasteiger partial charge >= 0.3 is 0 Å². The number of ether oxygens (including phenoxy) is 1. The molecule has 0 bridgehead atoms. The number of pyridine rings is 1. The van der Waals surface area contributed by atoms with Gasteiger partial charge in [-0.2, -0.15) is 0 Å². The fraction of sp³-hybridized carbons (Fsp3) is 0.471. The molecule has 0 radical (unpaired) electrons. The molecule has 0 fully saturated rings. The second kappa shape index (κ2) is 8.64. The number of unbranched alkanes of at least 4 members (excludes halogenated alkanes) is 1. The van der Waals surface area contributed by atoms with Gasteiger partial charge in [0.05, 0.1) is 0 Å². The third-order valence-corrected chi connectivity index (χ3v) is 4.54. The molecule has 1 N–H and O–H groups in total. The summed E-state index contributed by atoms with van der Waals surface area (Å²) in [7, 11) is 1.86. The van der Waals surface area contributed by atoms with Crippen molar-refractivity contribution in [3.05, 3.63) is 36.0 Å². The number of benzene rings is 1. The summed E-state index contributed by atoms with van der Waals surface area (Å²) >= 11 is 1.97. The molecule has 2 rings (SSSR count). The number of aliphatic hydroxyl groups is 1. The number of aryl methyl sites for hydroxylation is 1. The zero-order chi connectivity index (χ0) is 15.9. The molecule has 5 heteroatoms. The summed E-state index contributed by atoms with van der Waals surface area (Å²) in [5, 5.41) is 11.7. The van der Waals surface area contributed by atoms with Crippen LogP contribution in [-0.2, 0) is 6.42 Å². The Morgan fingerprint density at radius 1 is 1.36 bits per heavy atom. The number of fused-ring (bicyclic) bond motifs is 1. The van der Waals surface area contributed by atoms with E-state index in [1.807, 2.05) is 52.7 Å². The molecule has 0 aliphatic heterocycles. The SMILES string of the molecule is CCCCc1cc2ccccc2c(OCCN(C)C(O)I)n1. The standard InChI is InChI=1S/C17H23IN2O2/c1-3-4-8-14-12-13-7-5-6-9-15(13)16(19-14)22-11-10-20(2)17(18)21/h5-7,9,12,17,21H,3-4,8,10-11H2,1-2H3. The maximum Gasteiger partial charge on any atom is 0.221 e. The fourth-order valence-electron chi connectivity index (χ4n) is 2.21. The summed E-state index contributed by atoms with van der Waals surface area (Å²) in [5.41, 5.74) is 1.08. The minimum absolute atomic E-state index is 0.498. The van der Waals surface area contributed by atoms with E-state index in [0.717, 1.165) is 30.3 Å². The summed E-state index contributed by atoms with van der Waals surface area (Å²) in [5.74, 6) is 0.695. The first-order valence-electron chi connectivity index (χ1n) is 7.65. The molecule has 1 atom stereocenters. The van der Waals surface area contributed by atoms with E-state index in [4.69, 9.17) is 4.74 Å². The molecular weight excluding hydrogens is 391 g/mol. The van der Waals surface area contributed by atoms with Crippen molar-refractivity contribution in [2.24, 2.45) is 0 Å². The van der Waals surface area contributed by atoms with Gasteiger partial charge in [0.1, 0.15) is 6.61 Å². The van der Waals surface area contributed by atoms with Crippen LogP contribution in [0.3, 0.4) is 0 Å². The lowest BCUT2D eigenvalue weighted by molar-refractivity contribution is 0.0984. The van der Waals surface area contributed by atoms with Gasteiger partial charge in [-0.05, 0) is 60.0 Å². The summed E-state index contributed by atoms with van der Waals surface area (Å²) < 4.78 is 5.40. The van der Waals surface area contributed by atoms with Gasteiger partial charge in [0.2, 0.25) is 5.88 Å². The second-order valence-electron chi connectivity index (χ2n) is 5.38. The van der Waals surface area contributed by atoms with E-state index in [1.165, 1.54) is 5.39 Å². The highest BCUT2D eigenvalue weighted by atomic mass is 127. The highest BCUT2D eigenvalue weighted by Gasteiger charge is 2.09. The molecule has 0 aliphatic rings. The van der Waals surface area contributed by atoms with E-state index in [-0.39, 0.29) is 0 Å². The van der Waals surface area contributed by atoms with Crippen molar-refractivity contribution in [3.63, 3.8) is 0 Å². The predicted octanol–water partition coefficient (Wildman–Crippen LogP) is 3.60. The third-order valence-electron chi connectivity index (χ3n) is 3.59. The van der Waals surface area contributed by atoms with E-state index < -0.39 is 4.23 Å². The molecule has 0 aliphatic carbocycles. The fourth-order valence-corrected chi connectivity index (χ4v) is 2.49. The summed E-state index contributed by atoms with van der Waals surface area (Å²) in [4.78, 5) is 6.50. The molecule has 0 spiro atoms. The Labute approximate surface area is 145 Å². The molecule has 1 aromatic heterocycles. The largest absolute Gasteiger partial charge is 0.476 e. The number of alkyl halides is 1. The molecule has 1 unspecified atom stereocenters. The Morgan fingerprint density at radius 3 is 2.86 bits per heavy atom. The van der Waals surface area contributed by atoms with Crippen LogP contribution in [0.1, 0.15) is 25.5 Å². The lowest BCUT2D eigenvalue weighted by atomic mass is 10.1. The first kappa shape index (κ1) is 17.4. The van der Waals surface area contributed by atoms with Gasteiger partial charge in [-0.15, -0.1) is 0 Å². The average Bonchev–Trinajstić information content (AvgIpc) is 2.52. The van der Waals surface area contributed by atoms with Crippen LogP contribution < -0.4 is 4.74 Å². The molecule has 120 valence electrons. The van der Waals surface area contributed by atoms with Gasteiger partial charge in [0.25, 0.3) is 0 Å². The van der Waals surface area contributed by atoms with Crippen molar-refractivity contribution >= 4 is 33.4 Å². The lowest BCUT2D eigenvalue weighted by Crippen LogP contribution is -2.30. The summed E-state index contributed by atoms with van der Waals surface area (Å²) in [6, 6.07) is 10.3. The first-order valence-corrected chi connectivity index (χ1v) is 8.90. The summed E-state index contributed by atoms with van der Waals surface area (Å²) in [6.45, 7) is 3.34. The van der Waals surface area contributed by atoms with Crippen molar-refractivity contribution < 1.29 is 9.84 Å². The molecule has 4 nitrogen and oxygen atoms in total. The van der Waals surface area contributed by atoms with Gasteiger partial charge in [-0.3, -0.25) is 4.90 Å². The van der Waals surface area contributed by atoms with Gasteiger partial charge in [-0.1, -0.05) is 31.5 Å². The van der Waals surface area contributed by atoms with Gasteiger partial charge < -0.3 is 9.84 Å². The molecule has 1 aromatic carbocycles. The number of likely N-dealkylation sites (N-methyl/N-ethyl adjacent to an activating group) is 1. The van der Waals surface area contributed by atoms with Crippen molar-refractivity contribution in [2.75, 3.05) is 20.2 Å². The Kier molecular flexibility index (Phi) is 6.85. The number of halogens is 1. The van der Waals surface area contributed by atoms with Crippen LogP contribution in [0.4, 0.5) is 0 Å². The Morgan fingerprint density at radius 2 is 2.14 bits per heavy atom. The number of nitrogens with zero attached hydrogens (tertiary/aromatic N) is 2. The minimum Gasteiger partial charge on any atom is -0.476 e. The van der Waals surface area contributed by atoms with Crippen molar-refractivity contribution in [1.82, 2.24) is 9.88 Å². The molecule has 22 heavy (non-hydrogen) atoms. The smallest absolute Gasteiger partial charge is 0.221 e. The number of aromatic nitrogens is 1. The van der Waals surface area contributed by atoms with E-state index in [1.54, 1.807) is 0 Å². The summed E-state index contributed by atoms with van der Waals surface area (Å²) in [6.07, 6.45) is 3.27. The molecule has 1 heterocycles. The topological polar surface area (TPSA) is 45.6 Å². The zero-order valence-electron chi connectivity index (χ0n) is 13.1. The maximum absolute atomic E-state index is 9.47. The normalized spacial score (nSPS) is 12.8. The minimum atomic E-state index is -0.498. The number of hydrogen-bond donors (Lipinski definition) is 1. The quantitative estimate of drug-likeness (QED) is 0.310. The lowest BCUT2D eigenvalue weighted by Gasteiger charge is -2.18. The molecule has 0 amide bonds. The van der Waals surface area contributed by atoms with Crippen molar-refractivity contribution in [3.8, 4) is 5.88 Å². The maximum atomic E-state index is 9.47. The molecule has 0 saturated carbocycles. The van der Waals surface area contributed by atoms with Crippen LogP contribution >= 0.6 is 22.6 Å². The van der Waals surface area contributed by atoms with Gasteiger partial charge in [-0.25, -0.2) is 4.98 Å². The Bertz CT molecular complexity index is 604. The van der Waals surface area contributed by atoms with Crippen LogP contribution in [-0.4, -0.2) is 39.4 Å². The molecule has 2 aromatic rings. The van der Waals surface area contributed by atoms with Crippen LogP contribution in [0, 0.1) is 0 Å². The third kappa shape index (κ3) is 4.79. The Hall–Kier alpha value is -0.920. The van der Waals surface area contributed by atoms with Crippen LogP contribution in [0.25, 0.3) is 10.8 Å². The number of rotatable bonds is 8. The van der Waals surface area contributed by atoms with Crippen molar-refractivity contribution in [2.45, 2.75) is 30.4 Å². The van der Waals surface area contributed by atoms with Crippen LogP contribution in [0.2, 0.25) is 0 Å². The molecule has 0 saturated heterocycles.